The maximum Gasteiger partial charge on any atom is 0.344 e. The largest absolute Gasteiger partial charge is 0.482 e. The summed E-state index contributed by atoms with van der Waals surface area (Å²) in [5, 5.41) is 0. The van der Waals surface area contributed by atoms with Crippen LogP contribution in [0.1, 0.15) is 6.92 Å². The van der Waals surface area contributed by atoms with Crippen molar-refractivity contribution in [2.75, 3.05) is 13.2 Å². The molecule has 18 heavy (non-hydrogen) atoms. The number of rotatable bonds is 5. The molecule has 0 aliphatic rings. The van der Waals surface area contributed by atoms with E-state index in [2.05, 4.69) is 20.7 Å². The molecule has 0 fully saturated rings. The van der Waals surface area contributed by atoms with Crippen LogP contribution in [0.4, 0.5) is 0 Å². The fourth-order valence-electron chi connectivity index (χ4n) is 1.11. The third-order valence-electron chi connectivity index (χ3n) is 1.83. The van der Waals surface area contributed by atoms with E-state index >= 15 is 0 Å². The van der Waals surface area contributed by atoms with Gasteiger partial charge in [0.2, 0.25) is 0 Å². The van der Waals surface area contributed by atoms with Crippen LogP contribution in [0.2, 0.25) is 0 Å². The molecule has 0 radical (unpaired) electrons. The molecule has 0 bridgehead atoms. The lowest BCUT2D eigenvalue weighted by Gasteiger charge is -2.07. The highest BCUT2D eigenvalue weighted by atomic mass is 79.9. The van der Waals surface area contributed by atoms with E-state index in [0.29, 0.717) is 5.75 Å². The van der Waals surface area contributed by atoms with E-state index in [1.165, 1.54) is 18.2 Å². The van der Waals surface area contributed by atoms with Crippen molar-refractivity contribution in [3.63, 3.8) is 0 Å². The Bertz CT molecular complexity index is 543. The molecule has 0 saturated carbocycles. The standard InChI is InChI=1S/C10H10BrClO5S/c1-2-16-10(13)6-17-7-3-4-9(8(11)5-7)18(12,14)15/h3-5H,2,6H2,1H3. The van der Waals surface area contributed by atoms with Crippen LogP contribution in [0.15, 0.2) is 27.6 Å². The van der Waals surface area contributed by atoms with Crippen molar-refractivity contribution in [1.29, 1.82) is 0 Å². The highest BCUT2D eigenvalue weighted by Gasteiger charge is 2.15. The number of ether oxygens (including phenoxy) is 2. The Balaban J connectivity index is 2.77. The van der Waals surface area contributed by atoms with Crippen LogP contribution in [0, 0.1) is 0 Å². The van der Waals surface area contributed by atoms with Crippen LogP contribution in [-0.4, -0.2) is 27.6 Å². The van der Waals surface area contributed by atoms with Crippen LogP contribution < -0.4 is 4.74 Å². The zero-order chi connectivity index (χ0) is 13.8. The van der Waals surface area contributed by atoms with E-state index in [4.69, 9.17) is 15.4 Å². The van der Waals surface area contributed by atoms with Crippen molar-refractivity contribution >= 4 is 41.6 Å². The van der Waals surface area contributed by atoms with Crippen LogP contribution in [0.25, 0.3) is 0 Å². The maximum absolute atomic E-state index is 11.1. The SMILES string of the molecule is CCOC(=O)COc1ccc(S(=O)(=O)Cl)c(Br)c1. The minimum absolute atomic E-state index is 0.0624. The molecule has 0 spiro atoms. The Morgan fingerprint density at radius 2 is 2.11 bits per heavy atom. The van der Waals surface area contributed by atoms with Gasteiger partial charge in [-0.1, -0.05) is 0 Å². The number of benzene rings is 1. The van der Waals surface area contributed by atoms with Crippen LogP contribution in [0.3, 0.4) is 0 Å². The summed E-state index contributed by atoms with van der Waals surface area (Å²) in [7, 11) is 1.40. The normalized spacial score (nSPS) is 11.1. The third kappa shape index (κ3) is 4.47. The first-order valence-corrected chi connectivity index (χ1v) is 7.97. The average Bonchev–Trinajstić information content (AvgIpc) is 2.25. The summed E-state index contributed by atoms with van der Waals surface area (Å²) in [4.78, 5) is 11.0. The van der Waals surface area contributed by atoms with Gasteiger partial charge in [0.15, 0.2) is 6.61 Å². The van der Waals surface area contributed by atoms with E-state index in [1.54, 1.807) is 6.92 Å². The van der Waals surface area contributed by atoms with Crippen LogP contribution in [-0.2, 0) is 18.6 Å². The Morgan fingerprint density at radius 3 is 2.61 bits per heavy atom. The molecule has 0 N–H and O–H groups in total. The first kappa shape index (κ1) is 15.3. The summed E-state index contributed by atoms with van der Waals surface area (Å²) >= 11 is 3.06. The summed E-state index contributed by atoms with van der Waals surface area (Å²) in [5.74, 6) is -0.165. The first-order chi connectivity index (χ1) is 8.34. The lowest BCUT2D eigenvalue weighted by atomic mass is 10.3. The summed E-state index contributed by atoms with van der Waals surface area (Å²) < 4.78 is 32.3. The van der Waals surface area contributed by atoms with Gasteiger partial charge in [0.1, 0.15) is 5.75 Å². The van der Waals surface area contributed by atoms with Gasteiger partial charge < -0.3 is 9.47 Å². The summed E-state index contributed by atoms with van der Waals surface area (Å²) in [5.41, 5.74) is 0. The Morgan fingerprint density at radius 1 is 1.44 bits per heavy atom. The van der Waals surface area contributed by atoms with Gasteiger partial charge in [0, 0.05) is 15.2 Å². The summed E-state index contributed by atoms with van der Waals surface area (Å²) in [6.07, 6.45) is 0. The van der Waals surface area contributed by atoms with E-state index < -0.39 is 15.0 Å². The van der Waals surface area contributed by atoms with Crippen LogP contribution >= 0.6 is 26.6 Å². The highest BCUT2D eigenvalue weighted by molar-refractivity contribution is 9.10. The second-order valence-electron chi connectivity index (χ2n) is 3.12. The predicted molar refractivity (Wildman–Crippen MR) is 69.3 cm³/mol. The van der Waals surface area contributed by atoms with Gasteiger partial charge >= 0.3 is 5.97 Å². The minimum atomic E-state index is -3.81. The van der Waals surface area contributed by atoms with Crippen molar-refractivity contribution in [3.05, 3.63) is 22.7 Å². The fraction of sp³-hybridized carbons (Fsp3) is 0.300. The topological polar surface area (TPSA) is 69.7 Å². The monoisotopic (exact) mass is 356 g/mol. The smallest absolute Gasteiger partial charge is 0.344 e. The number of halogens is 2. The molecule has 0 amide bonds. The lowest BCUT2D eigenvalue weighted by molar-refractivity contribution is -0.145. The molecule has 0 heterocycles. The molecule has 1 aromatic rings. The molecule has 1 aromatic carbocycles. The molecule has 0 aliphatic carbocycles. The average molecular weight is 358 g/mol. The van der Waals surface area contributed by atoms with E-state index in [0.717, 1.165) is 0 Å². The minimum Gasteiger partial charge on any atom is -0.482 e. The second kappa shape index (κ2) is 6.40. The molecular weight excluding hydrogens is 348 g/mol. The van der Waals surface area contributed by atoms with Gasteiger partial charge in [0.25, 0.3) is 9.05 Å². The van der Waals surface area contributed by atoms with Gasteiger partial charge in [-0.2, -0.15) is 0 Å². The quantitative estimate of drug-likeness (QED) is 0.597. The first-order valence-electron chi connectivity index (χ1n) is 4.87. The van der Waals surface area contributed by atoms with Crippen molar-refractivity contribution in [3.8, 4) is 5.75 Å². The van der Waals surface area contributed by atoms with E-state index in [1.807, 2.05) is 0 Å². The summed E-state index contributed by atoms with van der Waals surface area (Å²) in [6.45, 7) is 1.72. The van der Waals surface area contributed by atoms with Gasteiger partial charge in [-0.05, 0) is 41.1 Å². The van der Waals surface area contributed by atoms with Gasteiger partial charge in [-0.15, -0.1) is 0 Å². The van der Waals surface area contributed by atoms with Gasteiger partial charge in [0.05, 0.1) is 11.5 Å². The number of carbonyl (C=O) groups excluding carboxylic acids is 1. The van der Waals surface area contributed by atoms with E-state index in [9.17, 15) is 13.2 Å². The molecule has 0 aromatic heterocycles. The van der Waals surface area contributed by atoms with Crippen molar-refractivity contribution in [1.82, 2.24) is 0 Å². The second-order valence-corrected chi connectivity index (χ2v) is 6.51. The number of esters is 1. The Hall–Kier alpha value is -0.790. The number of hydrogen-bond donors (Lipinski definition) is 0. The van der Waals surface area contributed by atoms with Crippen molar-refractivity contribution in [2.45, 2.75) is 11.8 Å². The molecule has 8 heteroatoms. The van der Waals surface area contributed by atoms with Crippen molar-refractivity contribution < 1.29 is 22.7 Å². The molecule has 0 saturated heterocycles. The molecule has 0 atom stereocenters. The Kier molecular flexibility index (Phi) is 5.43. The molecular formula is C10H10BrClO5S. The Labute approximate surface area is 118 Å². The highest BCUT2D eigenvalue weighted by Crippen LogP contribution is 2.28. The third-order valence-corrected chi connectivity index (χ3v) is 4.13. The molecule has 5 nitrogen and oxygen atoms in total. The molecule has 0 unspecified atom stereocenters. The van der Waals surface area contributed by atoms with Crippen LogP contribution in [0.5, 0.6) is 5.75 Å². The fourth-order valence-corrected chi connectivity index (χ4v) is 3.32. The zero-order valence-corrected chi connectivity index (χ0v) is 12.5. The maximum atomic E-state index is 11.1. The number of hydrogen-bond acceptors (Lipinski definition) is 5. The lowest BCUT2D eigenvalue weighted by Crippen LogP contribution is -2.14. The predicted octanol–water partition coefficient (Wildman–Crippen LogP) is 2.32. The summed E-state index contributed by atoms with van der Waals surface area (Å²) in [6, 6.07) is 4.10. The van der Waals surface area contributed by atoms with E-state index in [-0.39, 0.29) is 22.6 Å². The van der Waals surface area contributed by atoms with Gasteiger partial charge in [-0.3, -0.25) is 0 Å². The van der Waals surface area contributed by atoms with Gasteiger partial charge in [-0.25, -0.2) is 13.2 Å². The molecule has 1 rings (SSSR count). The number of carbonyl (C=O) groups is 1. The molecule has 100 valence electrons. The van der Waals surface area contributed by atoms with Crippen molar-refractivity contribution in [2.24, 2.45) is 0 Å². The molecule has 0 aliphatic heterocycles. The zero-order valence-electron chi connectivity index (χ0n) is 9.35.